The van der Waals surface area contributed by atoms with Gasteiger partial charge in [0.25, 0.3) is 5.91 Å². The second-order valence-electron chi connectivity index (χ2n) is 7.75. The SMILES string of the molecule is CN/C=C\C(N)COc1cccc(-c2cc(-c3c(C)ccc4[nH]ncc34)c(N)c(C(N)=O)n2)n1. The number of H-pyrrole nitrogens is 1. The number of nitrogens with one attached hydrogen (secondary N) is 2. The summed E-state index contributed by atoms with van der Waals surface area (Å²) < 4.78 is 5.74. The number of aromatic amines is 1. The number of aromatic nitrogens is 4. The maximum atomic E-state index is 12.2. The van der Waals surface area contributed by atoms with Crippen molar-refractivity contribution in [1.82, 2.24) is 25.5 Å². The summed E-state index contributed by atoms with van der Waals surface area (Å²) in [5.41, 5.74) is 22.4. The molecule has 34 heavy (non-hydrogen) atoms. The van der Waals surface area contributed by atoms with Gasteiger partial charge in [0.2, 0.25) is 5.88 Å². The van der Waals surface area contributed by atoms with Crippen molar-refractivity contribution in [2.45, 2.75) is 13.0 Å². The highest BCUT2D eigenvalue weighted by Gasteiger charge is 2.20. The Morgan fingerprint density at radius 1 is 1.24 bits per heavy atom. The summed E-state index contributed by atoms with van der Waals surface area (Å²) in [6.45, 7) is 2.20. The number of rotatable bonds is 8. The first-order chi connectivity index (χ1) is 16.4. The zero-order chi connectivity index (χ0) is 24.2. The zero-order valence-electron chi connectivity index (χ0n) is 18.9. The van der Waals surface area contributed by atoms with E-state index in [-0.39, 0.29) is 24.0 Å². The second kappa shape index (κ2) is 9.59. The lowest BCUT2D eigenvalue weighted by Crippen LogP contribution is -2.26. The summed E-state index contributed by atoms with van der Waals surface area (Å²) in [5.74, 6) is -0.355. The van der Waals surface area contributed by atoms with E-state index >= 15 is 0 Å². The number of carbonyl (C=O) groups excluding carboxylic acids is 1. The molecular formula is C24H26N8O2. The van der Waals surface area contributed by atoms with Crippen molar-refractivity contribution in [2.75, 3.05) is 19.4 Å². The van der Waals surface area contributed by atoms with Crippen LogP contribution in [0.1, 0.15) is 16.1 Å². The average molecular weight is 459 g/mol. The number of amides is 1. The Morgan fingerprint density at radius 3 is 2.82 bits per heavy atom. The van der Waals surface area contributed by atoms with Crippen LogP contribution in [0.5, 0.6) is 5.88 Å². The van der Waals surface area contributed by atoms with Crippen LogP contribution in [0, 0.1) is 6.92 Å². The molecular weight excluding hydrogens is 432 g/mol. The van der Waals surface area contributed by atoms with Crippen molar-refractivity contribution < 1.29 is 9.53 Å². The van der Waals surface area contributed by atoms with E-state index in [1.54, 1.807) is 49.8 Å². The highest BCUT2D eigenvalue weighted by Crippen LogP contribution is 2.37. The number of pyridine rings is 2. The molecule has 1 aromatic carbocycles. The van der Waals surface area contributed by atoms with Crippen LogP contribution in [-0.4, -0.2) is 45.8 Å². The molecule has 3 aromatic heterocycles. The van der Waals surface area contributed by atoms with Crippen molar-refractivity contribution in [3.8, 4) is 28.4 Å². The van der Waals surface area contributed by atoms with Gasteiger partial charge in [-0.05, 0) is 48.5 Å². The molecule has 1 amide bonds. The summed E-state index contributed by atoms with van der Waals surface area (Å²) in [5, 5.41) is 10.9. The van der Waals surface area contributed by atoms with Gasteiger partial charge in [0.1, 0.15) is 6.61 Å². The largest absolute Gasteiger partial charge is 0.476 e. The molecule has 4 aromatic rings. The molecule has 0 spiro atoms. The molecule has 0 aliphatic heterocycles. The quantitative estimate of drug-likeness (QED) is 0.267. The summed E-state index contributed by atoms with van der Waals surface area (Å²) in [6.07, 6.45) is 5.25. The van der Waals surface area contributed by atoms with Crippen LogP contribution in [0.4, 0.5) is 5.69 Å². The number of primary amides is 1. The van der Waals surface area contributed by atoms with Gasteiger partial charge in [-0.25, -0.2) is 9.97 Å². The van der Waals surface area contributed by atoms with Crippen LogP contribution in [0.2, 0.25) is 0 Å². The Labute approximate surface area is 196 Å². The normalized spacial score (nSPS) is 12.2. The molecule has 0 fully saturated rings. The number of anilines is 1. The van der Waals surface area contributed by atoms with Crippen LogP contribution < -0.4 is 27.3 Å². The van der Waals surface area contributed by atoms with Crippen molar-refractivity contribution in [3.05, 3.63) is 66.1 Å². The molecule has 0 saturated heterocycles. The smallest absolute Gasteiger partial charge is 0.269 e. The Kier molecular flexibility index (Phi) is 6.42. The lowest BCUT2D eigenvalue weighted by atomic mass is 9.94. The standard InChI is InChI=1S/C24H26N8O2/c1-13-6-7-17-16(11-29-32-17)21(13)15-10-19(31-23(22(15)26)24(27)33)18-4-3-5-20(30-18)34-12-14(25)8-9-28-2/h3-11,14,28H,12,25-26H2,1-2H3,(H2,27,33)(H,29,32)/b9-8-. The van der Waals surface area contributed by atoms with E-state index in [2.05, 4.69) is 25.5 Å². The molecule has 8 N–H and O–H groups in total. The predicted octanol–water partition coefficient (Wildman–Crippen LogP) is 2.12. The van der Waals surface area contributed by atoms with Gasteiger partial charge in [-0.3, -0.25) is 9.89 Å². The van der Waals surface area contributed by atoms with Gasteiger partial charge in [0.05, 0.1) is 34.8 Å². The summed E-state index contributed by atoms with van der Waals surface area (Å²) in [6, 6.07) is 10.7. The Balaban J connectivity index is 1.79. The highest BCUT2D eigenvalue weighted by atomic mass is 16.5. The number of aryl methyl sites for hydroxylation is 1. The first-order valence-corrected chi connectivity index (χ1v) is 10.6. The molecule has 3 heterocycles. The molecule has 4 rings (SSSR count). The van der Waals surface area contributed by atoms with E-state index in [1.807, 2.05) is 19.1 Å². The minimum absolute atomic E-state index is 0.0280. The zero-order valence-corrected chi connectivity index (χ0v) is 18.9. The Hall–Kier alpha value is -4.44. The molecule has 0 bridgehead atoms. The van der Waals surface area contributed by atoms with Gasteiger partial charge >= 0.3 is 0 Å². The number of carbonyl (C=O) groups is 1. The molecule has 10 nitrogen and oxygen atoms in total. The third-order valence-corrected chi connectivity index (χ3v) is 5.31. The minimum Gasteiger partial charge on any atom is -0.476 e. The molecule has 10 heteroatoms. The van der Waals surface area contributed by atoms with Gasteiger partial charge in [0, 0.05) is 24.1 Å². The van der Waals surface area contributed by atoms with E-state index in [4.69, 9.17) is 21.9 Å². The Morgan fingerprint density at radius 2 is 2.06 bits per heavy atom. The van der Waals surface area contributed by atoms with Gasteiger partial charge in [-0.1, -0.05) is 12.1 Å². The van der Waals surface area contributed by atoms with E-state index in [9.17, 15) is 4.79 Å². The van der Waals surface area contributed by atoms with Crippen LogP contribution in [0.3, 0.4) is 0 Å². The van der Waals surface area contributed by atoms with Gasteiger partial charge < -0.3 is 27.3 Å². The number of nitrogens with zero attached hydrogens (tertiary/aromatic N) is 3. The third kappa shape index (κ3) is 4.52. The van der Waals surface area contributed by atoms with Gasteiger partial charge in [0.15, 0.2) is 5.69 Å². The van der Waals surface area contributed by atoms with E-state index in [1.165, 1.54) is 0 Å². The lowest BCUT2D eigenvalue weighted by Gasteiger charge is -2.15. The third-order valence-electron chi connectivity index (χ3n) is 5.31. The first kappa shape index (κ1) is 22.7. The van der Waals surface area contributed by atoms with Crippen LogP contribution in [0.15, 0.2) is 54.9 Å². The molecule has 0 radical (unpaired) electrons. The molecule has 1 atom stereocenters. The number of fused-ring (bicyclic) bond motifs is 1. The molecule has 174 valence electrons. The fourth-order valence-corrected chi connectivity index (χ4v) is 3.66. The van der Waals surface area contributed by atoms with Crippen molar-refractivity contribution in [1.29, 1.82) is 0 Å². The highest BCUT2D eigenvalue weighted by molar-refractivity contribution is 6.05. The van der Waals surface area contributed by atoms with Crippen molar-refractivity contribution >= 4 is 22.5 Å². The monoisotopic (exact) mass is 458 g/mol. The maximum absolute atomic E-state index is 12.2. The molecule has 0 aliphatic carbocycles. The Bertz CT molecular complexity index is 1380. The number of nitrogens with two attached hydrogens (primary N) is 3. The number of nitrogen functional groups attached to an aromatic ring is 1. The van der Waals surface area contributed by atoms with Gasteiger partial charge in [-0.15, -0.1) is 0 Å². The van der Waals surface area contributed by atoms with E-state index in [0.29, 0.717) is 22.8 Å². The summed E-state index contributed by atoms with van der Waals surface area (Å²) >= 11 is 0. The second-order valence-corrected chi connectivity index (χ2v) is 7.75. The fourth-order valence-electron chi connectivity index (χ4n) is 3.66. The van der Waals surface area contributed by atoms with Crippen LogP contribution in [0.25, 0.3) is 33.4 Å². The fraction of sp³-hybridized carbons (Fsp3) is 0.167. The maximum Gasteiger partial charge on any atom is 0.269 e. The molecule has 0 saturated carbocycles. The molecule has 1 unspecified atom stereocenters. The van der Waals surface area contributed by atoms with Crippen LogP contribution >= 0.6 is 0 Å². The lowest BCUT2D eigenvalue weighted by molar-refractivity contribution is 0.0996. The first-order valence-electron chi connectivity index (χ1n) is 10.6. The topological polar surface area (TPSA) is 171 Å². The summed E-state index contributed by atoms with van der Waals surface area (Å²) in [4.78, 5) is 21.2. The molecule has 0 aliphatic rings. The van der Waals surface area contributed by atoms with Crippen LogP contribution in [-0.2, 0) is 0 Å². The van der Waals surface area contributed by atoms with Crippen molar-refractivity contribution in [2.24, 2.45) is 11.5 Å². The predicted molar refractivity (Wildman–Crippen MR) is 132 cm³/mol. The van der Waals surface area contributed by atoms with E-state index < -0.39 is 5.91 Å². The minimum atomic E-state index is -0.729. The number of ether oxygens (including phenoxy) is 1. The number of hydrogen-bond donors (Lipinski definition) is 5. The van der Waals surface area contributed by atoms with E-state index in [0.717, 1.165) is 22.0 Å². The van der Waals surface area contributed by atoms with Crippen molar-refractivity contribution in [3.63, 3.8) is 0 Å². The average Bonchev–Trinajstić information content (AvgIpc) is 3.30. The number of benzene rings is 1. The number of hydrogen-bond acceptors (Lipinski definition) is 8. The summed E-state index contributed by atoms with van der Waals surface area (Å²) in [7, 11) is 1.79. The van der Waals surface area contributed by atoms with Gasteiger partial charge in [-0.2, -0.15) is 5.10 Å².